The van der Waals surface area contributed by atoms with Gasteiger partial charge in [-0.05, 0) is 37.3 Å². The molecule has 4 nitrogen and oxygen atoms in total. The standard InChI is InChI=1S/C14H16FN3OS/c1-20-14(10-16)5-7-18(8-6-14)13(19)17-12-4-2-3-11(15)9-12/h2-4,9H,5-8H2,1H3,(H,17,19). The number of nitrogens with zero attached hydrogens (tertiary/aromatic N) is 2. The van der Waals surface area contributed by atoms with E-state index in [0.29, 0.717) is 31.6 Å². The van der Waals surface area contributed by atoms with Gasteiger partial charge in [-0.3, -0.25) is 0 Å². The summed E-state index contributed by atoms with van der Waals surface area (Å²) in [5, 5.41) is 11.9. The smallest absolute Gasteiger partial charge is 0.321 e. The Kier molecular flexibility index (Phi) is 4.50. The van der Waals surface area contributed by atoms with Crippen LogP contribution in [0, 0.1) is 17.1 Å². The number of carbonyl (C=O) groups is 1. The van der Waals surface area contributed by atoms with E-state index in [0.717, 1.165) is 0 Å². The Morgan fingerprint density at radius 2 is 2.20 bits per heavy atom. The SMILES string of the molecule is CSC1(C#N)CCN(C(=O)Nc2cccc(F)c2)CC1. The second kappa shape index (κ2) is 6.14. The minimum atomic E-state index is -0.382. The highest BCUT2D eigenvalue weighted by Gasteiger charge is 2.35. The van der Waals surface area contributed by atoms with Crippen LogP contribution in [0.25, 0.3) is 0 Å². The van der Waals surface area contributed by atoms with E-state index in [-0.39, 0.29) is 16.6 Å². The summed E-state index contributed by atoms with van der Waals surface area (Å²) in [6, 6.07) is 7.90. The number of piperidine rings is 1. The maximum absolute atomic E-state index is 13.0. The van der Waals surface area contributed by atoms with E-state index >= 15 is 0 Å². The summed E-state index contributed by atoms with van der Waals surface area (Å²) in [7, 11) is 0. The van der Waals surface area contributed by atoms with Gasteiger partial charge in [0.15, 0.2) is 0 Å². The first-order valence-corrected chi connectivity index (χ1v) is 7.59. The minimum Gasteiger partial charge on any atom is -0.324 e. The highest BCUT2D eigenvalue weighted by Crippen LogP contribution is 2.33. The van der Waals surface area contributed by atoms with E-state index < -0.39 is 0 Å². The molecule has 0 bridgehead atoms. The lowest BCUT2D eigenvalue weighted by atomic mass is 9.97. The molecule has 0 radical (unpaired) electrons. The van der Waals surface area contributed by atoms with E-state index in [4.69, 9.17) is 0 Å². The number of amides is 2. The predicted molar refractivity (Wildman–Crippen MR) is 78.1 cm³/mol. The Labute approximate surface area is 121 Å². The number of urea groups is 1. The lowest BCUT2D eigenvalue weighted by Gasteiger charge is -2.36. The number of hydrogen-bond acceptors (Lipinski definition) is 3. The number of benzene rings is 1. The molecule has 0 saturated carbocycles. The Balaban J connectivity index is 1.94. The van der Waals surface area contributed by atoms with Gasteiger partial charge in [0, 0.05) is 18.8 Å². The summed E-state index contributed by atoms with van der Waals surface area (Å²) in [4.78, 5) is 13.7. The van der Waals surface area contributed by atoms with Crippen LogP contribution < -0.4 is 5.32 Å². The molecule has 1 aliphatic heterocycles. The number of likely N-dealkylation sites (tertiary alicyclic amines) is 1. The highest BCUT2D eigenvalue weighted by molar-refractivity contribution is 8.00. The van der Waals surface area contributed by atoms with Gasteiger partial charge in [-0.25, -0.2) is 9.18 Å². The maximum atomic E-state index is 13.0. The summed E-state index contributed by atoms with van der Waals surface area (Å²) >= 11 is 1.54. The molecule has 1 aromatic rings. The Morgan fingerprint density at radius 1 is 1.50 bits per heavy atom. The number of carbonyl (C=O) groups excluding carboxylic acids is 1. The Hall–Kier alpha value is -1.74. The van der Waals surface area contributed by atoms with Gasteiger partial charge in [-0.2, -0.15) is 5.26 Å². The fourth-order valence-corrected chi connectivity index (χ4v) is 2.88. The molecule has 1 aliphatic rings. The zero-order valence-electron chi connectivity index (χ0n) is 11.2. The lowest BCUT2D eigenvalue weighted by Crippen LogP contribution is -2.46. The molecule has 0 atom stereocenters. The predicted octanol–water partition coefficient (Wildman–Crippen LogP) is 3.08. The van der Waals surface area contributed by atoms with E-state index in [1.54, 1.807) is 28.8 Å². The normalized spacial score (nSPS) is 17.4. The lowest BCUT2D eigenvalue weighted by molar-refractivity contribution is 0.196. The first kappa shape index (κ1) is 14.7. The molecule has 1 N–H and O–H groups in total. The highest BCUT2D eigenvalue weighted by atomic mass is 32.2. The van der Waals surface area contributed by atoms with Crippen LogP contribution in [-0.4, -0.2) is 35.0 Å². The number of nitrogens with one attached hydrogen (secondary N) is 1. The zero-order valence-corrected chi connectivity index (χ0v) is 12.0. The van der Waals surface area contributed by atoms with Crippen LogP contribution in [0.15, 0.2) is 24.3 Å². The monoisotopic (exact) mass is 293 g/mol. The van der Waals surface area contributed by atoms with Gasteiger partial charge in [-0.1, -0.05) is 6.07 Å². The molecule has 2 amide bonds. The van der Waals surface area contributed by atoms with Crippen molar-refractivity contribution in [2.45, 2.75) is 17.6 Å². The van der Waals surface area contributed by atoms with Crippen molar-refractivity contribution >= 4 is 23.5 Å². The summed E-state index contributed by atoms with van der Waals surface area (Å²) in [5.74, 6) is -0.382. The molecular formula is C14H16FN3OS. The van der Waals surface area contributed by atoms with E-state index in [2.05, 4.69) is 11.4 Å². The molecular weight excluding hydrogens is 277 g/mol. The third kappa shape index (κ3) is 3.23. The van der Waals surface area contributed by atoms with Crippen molar-refractivity contribution in [1.29, 1.82) is 5.26 Å². The minimum absolute atomic E-state index is 0.247. The van der Waals surface area contributed by atoms with Gasteiger partial charge in [-0.15, -0.1) is 11.8 Å². The summed E-state index contributed by atoms with van der Waals surface area (Å²) in [6.07, 6.45) is 3.23. The first-order chi connectivity index (χ1) is 9.58. The molecule has 106 valence electrons. The third-order valence-corrected chi connectivity index (χ3v) is 4.81. The number of nitriles is 1. The molecule has 0 spiro atoms. The number of rotatable bonds is 2. The molecule has 1 aromatic carbocycles. The molecule has 0 unspecified atom stereocenters. The largest absolute Gasteiger partial charge is 0.324 e. The molecule has 20 heavy (non-hydrogen) atoms. The second-order valence-corrected chi connectivity index (χ2v) is 5.93. The van der Waals surface area contributed by atoms with Crippen molar-refractivity contribution in [3.63, 3.8) is 0 Å². The van der Waals surface area contributed by atoms with Crippen molar-refractivity contribution in [1.82, 2.24) is 4.90 Å². The van der Waals surface area contributed by atoms with Crippen LogP contribution >= 0.6 is 11.8 Å². The van der Waals surface area contributed by atoms with Crippen molar-refractivity contribution in [2.75, 3.05) is 24.7 Å². The van der Waals surface area contributed by atoms with Crippen molar-refractivity contribution in [3.05, 3.63) is 30.1 Å². The molecule has 1 heterocycles. The van der Waals surface area contributed by atoms with Crippen LogP contribution in [0.5, 0.6) is 0 Å². The van der Waals surface area contributed by atoms with Crippen molar-refractivity contribution in [3.8, 4) is 6.07 Å². The second-order valence-electron chi connectivity index (χ2n) is 4.74. The average Bonchev–Trinajstić information content (AvgIpc) is 2.47. The van der Waals surface area contributed by atoms with Crippen LogP contribution in [0.4, 0.5) is 14.9 Å². The quantitative estimate of drug-likeness (QED) is 0.911. The number of hydrogen-bond donors (Lipinski definition) is 1. The van der Waals surface area contributed by atoms with Gasteiger partial charge in [0.1, 0.15) is 10.6 Å². The number of thioether (sulfide) groups is 1. The maximum Gasteiger partial charge on any atom is 0.321 e. The topological polar surface area (TPSA) is 56.1 Å². The molecule has 2 rings (SSSR count). The van der Waals surface area contributed by atoms with E-state index in [9.17, 15) is 14.4 Å². The average molecular weight is 293 g/mol. The van der Waals surface area contributed by atoms with Crippen molar-refractivity contribution in [2.24, 2.45) is 0 Å². The van der Waals surface area contributed by atoms with E-state index in [1.807, 2.05) is 6.26 Å². The third-order valence-electron chi connectivity index (χ3n) is 3.53. The summed E-state index contributed by atoms with van der Waals surface area (Å²) in [5.41, 5.74) is 0.442. The zero-order chi connectivity index (χ0) is 14.6. The van der Waals surface area contributed by atoms with Gasteiger partial charge >= 0.3 is 6.03 Å². The summed E-state index contributed by atoms with van der Waals surface area (Å²) in [6.45, 7) is 1.07. The fourth-order valence-electron chi connectivity index (χ4n) is 2.20. The van der Waals surface area contributed by atoms with Crippen LogP contribution in [0.3, 0.4) is 0 Å². The molecule has 1 saturated heterocycles. The van der Waals surface area contributed by atoms with Crippen LogP contribution in [0.2, 0.25) is 0 Å². The molecule has 6 heteroatoms. The number of anilines is 1. The first-order valence-electron chi connectivity index (χ1n) is 6.36. The van der Waals surface area contributed by atoms with Crippen molar-refractivity contribution < 1.29 is 9.18 Å². The molecule has 1 fully saturated rings. The summed E-state index contributed by atoms with van der Waals surface area (Å²) < 4.78 is 12.7. The van der Waals surface area contributed by atoms with Gasteiger partial charge in [0.05, 0.1) is 6.07 Å². The Morgan fingerprint density at radius 3 is 2.75 bits per heavy atom. The number of halogens is 1. The molecule has 0 aliphatic carbocycles. The fraction of sp³-hybridized carbons (Fsp3) is 0.429. The van der Waals surface area contributed by atoms with Crippen LogP contribution in [0.1, 0.15) is 12.8 Å². The van der Waals surface area contributed by atoms with Gasteiger partial charge in [0.2, 0.25) is 0 Å². The Bertz CT molecular complexity index is 535. The van der Waals surface area contributed by atoms with E-state index in [1.165, 1.54) is 12.1 Å². The van der Waals surface area contributed by atoms with Crippen LogP contribution in [-0.2, 0) is 0 Å². The van der Waals surface area contributed by atoms with Gasteiger partial charge in [0.25, 0.3) is 0 Å². The molecule has 0 aromatic heterocycles. The van der Waals surface area contributed by atoms with Gasteiger partial charge < -0.3 is 10.2 Å².